The van der Waals surface area contributed by atoms with E-state index in [0.717, 1.165) is 13.0 Å². The molecule has 1 atom stereocenters. The Bertz CT molecular complexity index is 244. The molecule has 19 heavy (non-hydrogen) atoms. The fourth-order valence-corrected chi connectivity index (χ4v) is 1.99. The molecule has 0 aliphatic heterocycles. The summed E-state index contributed by atoms with van der Waals surface area (Å²) in [7, 11) is 0. The van der Waals surface area contributed by atoms with Gasteiger partial charge >= 0.3 is 5.97 Å². The van der Waals surface area contributed by atoms with Crippen molar-refractivity contribution in [2.45, 2.75) is 71.9 Å². The van der Waals surface area contributed by atoms with Crippen LogP contribution in [0.2, 0.25) is 0 Å². The summed E-state index contributed by atoms with van der Waals surface area (Å²) in [6, 6.07) is 0.231. The molecule has 0 heterocycles. The van der Waals surface area contributed by atoms with Crippen molar-refractivity contribution in [3.63, 3.8) is 0 Å². The molecule has 0 saturated carbocycles. The zero-order valence-corrected chi connectivity index (χ0v) is 13.3. The number of nitrogens with one attached hydrogen (secondary N) is 1. The summed E-state index contributed by atoms with van der Waals surface area (Å²) in [5.74, 6) is -0.194. The van der Waals surface area contributed by atoms with Crippen LogP contribution < -0.4 is 5.32 Å². The van der Waals surface area contributed by atoms with E-state index >= 15 is 0 Å². The summed E-state index contributed by atoms with van der Waals surface area (Å²) in [4.78, 5) is 12.0. The Morgan fingerprint density at radius 2 is 1.89 bits per heavy atom. The molecule has 0 aromatic carbocycles. The highest BCUT2D eigenvalue weighted by Crippen LogP contribution is 2.14. The third-order valence-electron chi connectivity index (χ3n) is 2.97. The molecular formula is C15H31NO3. The molecule has 1 N–H and O–H groups in total. The molecule has 4 heteroatoms. The zero-order valence-electron chi connectivity index (χ0n) is 13.3. The van der Waals surface area contributed by atoms with Crippen LogP contribution in [-0.2, 0) is 14.3 Å². The Morgan fingerprint density at radius 3 is 2.42 bits per heavy atom. The summed E-state index contributed by atoms with van der Waals surface area (Å²) in [6.45, 7) is 11.7. The highest BCUT2D eigenvalue weighted by atomic mass is 16.5. The van der Waals surface area contributed by atoms with Crippen molar-refractivity contribution in [1.82, 2.24) is 5.32 Å². The number of hydrogen-bond acceptors (Lipinski definition) is 4. The molecule has 4 nitrogen and oxygen atoms in total. The van der Waals surface area contributed by atoms with Crippen LogP contribution in [0.1, 0.15) is 60.3 Å². The Morgan fingerprint density at radius 1 is 1.21 bits per heavy atom. The molecule has 0 amide bonds. The van der Waals surface area contributed by atoms with Gasteiger partial charge in [-0.1, -0.05) is 19.8 Å². The largest absolute Gasteiger partial charge is 0.465 e. The highest BCUT2D eigenvalue weighted by molar-refractivity contribution is 5.80. The van der Waals surface area contributed by atoms with Gasteiger partial charge in [0.05, 0.1) is 6.61 Å². The summed E-state index contributed by atoms with van der Waals surface area (Å²) in [5.41, 5.74) is -0.658. The lowest BCUT2D eigenvalue weighted by Crippen LogP contribution is -2.53. The van der Waals surface area contributed by atoms with Gasteiger partial charge in [-0.05, 0) is 40.5 Å². The van der Waals surface area contributed by atoms with Crippen LogP contribution in [0.5, 0.6) is 0 Å². The van der Waals surface area contributed by atoms with E-state index < -0.39 is 5.54 Å². The summed E-state index contributed by atoms with van der Waals surface area (Å²) >= 11 is 0. The third kappa shape index (κ3) is 8.22. The highest BCUT2D eigenvalue weighted by Gasteiger charge is 2.34. The molecular weight excluding hydrogens is 242 g/mol. The van der Waals surface area contributed by atoms with E-state index in [1.807, 2.05) is 27.7 Å². The molecule has 0 rings (SSSR count). The number of carbonyl (C=O) groups excluding carboxylic acids is 1. The van der Waals surface area contributed by atoms with Gasteiger partial charge < -0.3 is 9.47 Å². The fourth-order valence-electron chi connectivity index (χ4n) is 1.99. The molecule has 114 valence electrons. The maximum atomic E-state index is 12.0. The van der Waals surface area contributed by atoms with E-state index in [1.165, 1.54) is 12.8 Å². The van der Waals surface area contributed by atoms with Crippen molar-refractivity contribution in [3.05, 3.63) is 0 Å². The first-order valence-corrected chi connectivity index (χ1v) is 7.49. The fraction of sp³-hybridized carbons (Fsp3) is 0.933. The Balaban J connectivity index is 4.16. The van der Waals surface area contributed by atoms with Crippen LogP contribution in [0, 0.1) is 0 Å². The molecule has 0 aliphatic carbocycles. The van der Waals surface area contributed by atoms with Crippen LogP contribution in [0.15, 0.2) is 0 Å². The SMILES string of the molecule is CCCCCOCCC(C)(NC(C)C)C(=O)OCC. The van der Waals surface area contributed by atoms with E-state index in [-0.39, 0.29) is 12.0 Å². The van der Waals surface area contributed by atoms with E-state index in [4.69, 9.17) is 9.47 Å². The molecule has 0 fully saturated rings. The maximum Gasteiger partial charge on any atom is 0.326 e. The smallest absolute Gasteiger partial charge is 0.326 e. The second-order valence-electron chi connectivity index (χ2n) is 5.42. The number of unbranched alkanes of at least 4 members (excludes halogenated alkanes) is 2. The van der Waals surface area contributed by atoms with Gasteiger partial charge in [0.1, 0.15) is 5.54 Å². The predicted molar refractivity (Wildman–Crippen MR) is 78.3 cm³/mol. The molecule has 0 bridgehead atoms. The van der Waals surface area contributed by atoms with Crippen LogP contribution >= 0.6 is 0 Å². The minimum Gasteiger partial charge on any atom is -0.465 e. The van der Waals surface area contributed by atoms with Crippen molar-refractivity contribution < 1.29 is 14.3 Å². The van der Waals surface area contributed by atoms with E-state index in [0.29, 0.717) is 19.6 Å². The third-order valence-corrected chi connectivity index (χ3v) is 2.97. The van der Waals surface area contributed by atoms with Gasteiger partial charge in [0.25, 0.3) is 0 Å². The van der Waals surface area contributed by atoms with Crippen LogP contribution in [0.4, 0.5) is 0 Å². The topological polar surface area (TPSA) is 47.6 Å². The first-order chi connectivity index (χ1) is 8.96. The van der Waals surface area contributed by atoms with Gasteiger partial charge in [-0.15, -0.1) is 0 Å². The monoisotopic (exact) mass is 273 g/mol. The maximum absolute atomic E-state index is 12.0. The van der Waals surface area contributed by atoms with Crippen LogP contribution in [0.25, 0.3) is 0 Å². The van der Waals surface area contributed by atoms with Gasteiger partial charge in [-0.2, -0.15) is 0 Å². The second-order valence-corrected chi connectivity index (χ2v) is 5.42. The second kappa shape index (κ2) is 10.2. The minimum absolute atomic E-state index is 0.194. The van der Waals surface area contributed by atoms with Crippen LogP contribution in [-0.4, -0.2) is 37.4 Å². The average molecular weight is 273 g/mol. The van der Waals surface area contributed by atoms with Crippen LogP contribution in [0.3, 0.4) is 0 Å². The standard InChI is InChI=1S/C15H31NO3/c1-6-8-9-11-18-12-10-15(5,16-13(3)4)14(17)19-7-2/h13,16H,6-12H2,1-5H3. The summed E-state index contributed by atoms with van der Waals surface area (Å²) in [5, 5.41) is 3.29. The van der Waals surface area contributed by atoms with Crippen molar-refractivity contribution >= 4 is 5.97 Å². The van der Waals surface area contributed by atoms with Gasteiger partial charge in [0, 0.05) is 19.3 Å². The number of ether oxygens (including phenoxy) is 2. The lowest BCUT2D eigenvalue weighted by atomic mass is 9.97. The number of carbonyl (C=O) groups is 1. The molecule has 0 aliphatic rings. The Kier molecular flexibility index (Phi) is 9.88. The lowest BCUT2D eigenvalue weighted by Gasteiger charge is -2.30. The normalized spacial score (nSPS) is 14.4. The number of esters is 1. The molecule has 1 unspecified atom stereocenters. The summed E-state index contributed by atoms with van der Waals surface area (Å²) in [6.07, 6.45) is 4.11. The van der Waals surface area contributed by atoms with E-state index in [2.05, 4.69) is 12.2 Å². The predicted octanol–water partition coefficient (Wildman–Crippen LogP) is 2.90. The number of rotatable bonds is 11. The zero-order chi connectivity index (χ0) is 14.7. The van der Waals surface area contributed by atoms with E-state index in [1.54, 1.807) is 0 Å². The van der Waals surface area contributed by atoms with Crippen molar-refractivity contribution in [3.8, 4) is 0 Å². The van der Waals surface area contributed by atoms with Crippen molar-refractivity contribution in [2.75, 3.05) is 19.8 Å². The van der Waals surface area contributed by atoms with E-state index in [9.17, 15) is 4.79 Å². The Labute approximate surface area is 118 Å². The van der Waals surface area contributed by atoms with Crippen molar-refractivity contribution in [2.24, 2.45) is 0 Å². The first kappa shape index (κ1) is 18.4. The van der Waals surface area contributed by atoms with Crippen molar-refractivity contribution in [1.29, 1.82) is 0 Å². The first-order valence-electron chi connectivity index (χ1n) is 7.49. The van der Waals surface area contributed by atoms with Gasteiger partial charge in [0.2, 0.25) is 0 Å². The summed E-state index contributed by atoms with van der Waals surface area (Å²) < 4.78 is 10.7. The van der Waals surface area contributed by atoms with Gasteiger partial charge in [-0.3, -0.25) is 10.1 Å². The molecule has 0 saturated heterocycles. The average Bonchev–Trinajstić information content (AvgIpc) is 2.33. The van der Waals surface area contributed by atoms with Gasteiger partial charge in [0.15, 0.2) is 0 Å². The molecule has 0 spiro atoms. The lowest BCUT2D eigenvalue weighted by molar-refractivity contribution is -0.151. The number of hydrogen-bond donors (Lipinski definition) is 1. The molecule has 0 aromatic rings. The molecule has 0 radical (unpaired) electrons. The minimum atomic E-state index is -0.658. The quantitative estimate of drug-likeness (QED) is 0.464. The van der Waals surface area contributed by atoms with Gasteiger partial charge in [-0.25, -0.2) is 0 Å². The molecule has 0 aromatic heterocycles. The Hall–Kier alpha value is -0.610.